The van der Waals surface area contributed by atoms with Crippen molar-refractivity contribution in [3.8, 4) is 5.75 Å². The number of benzene rings is 3. The van der Waals surface area contributed by atoms with Crippen molar-refractivity contribution >= 4 is 48.9 Å². The highest BCUT2D eigenvalue weighted by Gasteiger charge is 2.28. The van der Waals surface area contributed by atoms with Crippen molar-refractivity contribution in [3.05, 3.63) is 77.3 Å². The van der Waals surface area contributed by atoms with E-state index < -0.39 is 26.0 Å². The van der Waals surface area contributed by atoms with Gasteiger partial charge in [0.2, 0.25) is 10.0 Å². The van der Waals surface area contributed by atoms with Crippen molar-refractivity contribution in [2.24, 2.45) is 0 Å². The summed E-state index contributed by atoms with van der Waals surface area (Å²) in [6, 6.07) is 16.2. The van der Waals surface area contributed by atoms with Gasteiger partial charge in [-0.05, 0) is 67.4 Å². The second kappa shape index (κ2) is 11.1. The van der Waals surface area contributed by atoms with E-state index in [4.69, 9.17) is 16.3 Å². The lowest BCUT2D eigenvalue weighted by atomic mass is 10.2. The Morgan fingerprint density at radius 3 is 2.19 bits per heavy atom. The lowest BCUT2D eigenvalue weighted by Crippen LogP contribution is -2.35. The minimum atomic E-state index is -3.92. The molecule has 1 aliphatic heterocycles. The second-order valence-electron chi connectivity index (χ2n) is 8.39. The Kier molecular flexibility index (Phi) is 8.08. The highest BCUT2D eigenvalue weighted by molar-refractivity contribution is 7.92. The van der Waals surface area contributed by atoms with Gasteiger partial charge in [0.25, 0.3) is 15.9 Å². The maximum Gasteiger partial charge on any atom is 0.261 e. The first-order chi connectivity index (χ1) is 17.6. The zero-order valence-corrected chi connectivity index (χ0v) is 22.4. The van der Waals surface area contributed by atoms with Crippen LogP contribution >= 0.6 is 11.6 Å². The third-order valence-corrected chi connectivity index (χ3v) is 9.51. The molecule has 2 N–H and O–H groups in total. The summed E-state index contributed by atoms with van der Waals surface area (Å²) in [4.78, 5) is 13.0. The van der Waals surface area contributed by atoms with Crippen LogP contribution in [-0.4, -0.2) is 47.2 Å². The second-order valence-corrected chi connectivity index (χ2v) is 12.4. The minimum absolute atomic E-state index is 0.00689. The van der Waals surface area contributed by atoms with Crippen LogP contribution in [0, 0.1) is 0 Å². The molecule has 0 radical (unpaired) electrons. The van der Waals surface area contributed by atoms with Gasteiger partial charge >= 0.3 is 0 Å². The van der Waals surface area contributed by atoms with Crippen molar-refractivity contribution in [2.75, 3.05) is 30.2 Å². The fourth-order valence-electron chi connectivity index (χ4n) is 3.94. The van der Waals surface area contributed by atoms with Crippen LogP contribution < -0.4 is 14.8 Å². The topological polar surface area (TPSA) is 122 Å². The molecule has 0 atom stereocenters. The van der Waals surface area contributed by atoms with Gasteiger partial charge in [0.05, 0.1) is 33.2 Å². The number of nitrogens with zero attached hydrogens (tertiary/aromatic N) is 1. The Morgan fingerprint density at radius 2 is 1.54 bits per heavy atom. The molecule has 1 fully saturated rings. The van der Waals surface area contributed by atoms with E-state index in [0.717, 1.165) is 19.3 Å². The molecule has 3 aromatic carbocycles. The number of carbonyl (C=O) groups excluding carboxylic acids is 1. The Labute approximate surface area is 221 Å². The van der Waals surface area contributed by atoms with Gasteiger partial charge in [0.15, 0.2) is 0 Å². The van der Waals surface area contributed by atoms with E-state index in [-0.39, 0.29) is 31.8 Å². The molecule has 0 aliphatic carbocycles. The number of methoxy groups -OCH3 is 1. The smallest absolute Gasteiger partial charge is 0.261 e. The normalized spacial score (nSPS) is 14.6. The summed E-state index contributed by atoms with van der Waals surface area (Å²) in [5.41, 5.74) is 0.596. The van der Waals surface area contributed by atoms with E-state index in [1.165, 1.54) is 53.9 Å². The van der Waals surface area contributed by atoms with E-state index in [1.807, 2.05) is 0 Å². The van der Waals surface area contributed by atoms with Gasteiger partial charge in [-0.2, -0.15) is 4.31 Å². The van der Waals surface area contributed by atoms with Crippen molar-refractivity contribution in [1.29, 1.82) is 0 Å². The Hall–Kier alpha value is -3.12. The molecule has 9 nitrogen and oxygen atoms in total. The number of hydrogen-bond donors (Lipinski definition) is 2. The van der Waals surface area contributed by atoms with Gasteiger partial charge in [-0.15, -0.1) is 0 Å². The number of halogens is 1. The molecule has 1 aliphatic rings. The monoisotopic (exact) mass is 563 g/mol. The number of nitrogens with one attached hydrogen (secondary N) is 2. The third-order valence-electron chi connectivity index (χ3n) is 5.91. The summed E-state index contributed by atoms with van der Waals surface area (Å²) in [5, 5.41) is 2.92. The van der Waals surface area contributed by atoms with E-state index in [2.05, 4.69) is 10.0 Å². The molecule has 0 unspecified atom stereocenters. The quantitative estimate of drug-likeness (QED) is 0.414. The maximum absolute atomic E-state index is 13.1. The first-order valence-electron chi connectivity index (χ1n) is 11.5. The van der Waals surface area contributed by atoms with Crippen LogP contribution in [-0.2, 0) is 20.0 Å². The molecule has 1 amide bonds. The van der Waals surface area contributed by atoms with E-state index in [0.29, 0.717) is 18.8 Å². The standard InChI is InChI=1S/C25H26ClN3O6S2/c1-35-24-14-13-20(37(33,34)29-15-5-2-6-16-29)17-21(24)25(30)27-18-9-11-19(12-10-18)36(31,32)28-23-8-4-3-7-22(23)26/h3-4,7-14,17,28H,2,5-6,15-16H2,1H3,(H,27,30). The molecule has 0 aromatic heterocycles. The van der Waals surface area contributed by atoms with Gasteiger partial charge < -0.3 is 10.1 Å². The highest BCUT2D eigenvalue weighted by atomic mass is 35.5. The minimum Gasteiger partial charge on any atom is -0.496 e. The number of para-hydroxylation sites is 1. The van der Waals surface area contributed by atoms with Crippen LogP contribution in [0.25, 0.3) is 0 Å². The summed E-state index contributed by atoms with van der Waals surface area (Å²) < 4.78 is 60.7. The van der Waals surface area contributed by atoms with Gasteiger partial charge in [-0.25, -0.2) is 16.8 Å². The average Bonchev–Trinajstić information content (AvgIpc) is 2.90. The Bertz CT molecular complexity index is 1500. The molecule has 3 aromatic rings. The van der Waals surface area contributed by atoms with Crippen LogP contribution in [0.15, 0.2) is 76.5 Å². The average molecular weight is 564 g/mol. The number of ether oxygens (including phenoxy) is 1. The molecule has 0 saturated carbocycles. The third kappa shape index (κ3) is 6.07. The van der Waals surface area contributed by atoms with Gasteiger partial charge in [0.1, 0.15) is 5.75 Å². The molecular formula is C25H26ClN3O6S2. The van der Waals surface area contributed by atoms with Gasteiger partial charge in [-0.3, -0.25) is 9.52 Å². The fourth-order valence-corrected chi connectivity index (χ4v) is 6.81. The SMILES string of the molecule is COc1ccc(S(=O)(=O)N2CCCCC2)cc1C(=O)Nc1ccc(S(=O)(=O)Nc2ccccc2Cl)cc1. The van der Waals surface area contributed by atoms with Gasteiger partial charge in [-0.1, -0.05) is 30.2 Å². The molecule has 12 heteroatoms. The number of rotatable bonds is 8. The summed E-state index contributed by atoms with van der Waals surface area (Å²) >= 11 is 6.04. The summed E-state index contributed by atoms with van der Waals surface area (Å²) in [6.45, 7) is 0.882. The van der Waals surface area contributed by atoms with Crippen molar-refractivity contribution in [3.63, 3.8) is 0 Å². The first-order valence-corrected chi connectivity index (χ1v) is 14.8. The number of amides is 1. The van der Waals surface area contributed by atoms with Crippen LogP contribution in [0.3, 0.4) is 0 Å². The first kappa shape index (κ1) is 26.9. The molecular weight excluding hydrogens is 538 g/mol. The highest BCUT2D eigenvalue weighted by Crippen LogP contribution is 2.28. The van der Waals surface area contributed by atoms with Crippen molar-refractivity contribution in [2.45, 2.75) is 29.1 Å². The Morgan fingerprint density at radius 1 is 0.892 bits per heavy atom. The molecule has 1 heterocycles. The van der Waals surface area contributed by atoms with Crippen molar-refractivity contribution < 1.29 is 26.4 Å². The lowest BCUT2D eigenvalue weighted by Gasteiger charge is -2.26. The van der Waals surface area contributed by atoms with Crippen molar-refractivity contribution in [1.82, 2.24) is 4.31 Å². The largest absolute Gasteiger partial charge is 0.496 e. The lowest BCUT2D eigenvalue weighted by molar-refractivity contribution is 0.102. The summed E-state index contributed by atoms with van der Waals surface area (Å²) in [7, 11) is -6.28. The van der Waals surface area contributed by atoms with E-state index in [1.54, 1.807) is 24.3 Å². The predicted molar refractivity (Wildman–Crippen MR) is 142 cm³/mol. The molecule has 1 saturated heterocycles. The zero-order valence-electron chi connectivity index (χ0n) is 20.0. The molecule has 37 heavy (non-hydrogen) atoms. The number of carbonyl (C=O) groups is 1. The van der Waals surface area contributed by atoms with Crippen LogP contribution in [0.4, 0.5) is 11.4 Å². The zero-order chi connectivity index (χ0) is 26.6. The van der Waals surface area contributed by atoms with Crippen LogP contribution in [0.1, 0.15) is 29.6 Å². The number of piperidine rings is 1. The predicted octanol–water partition coefficient (Wildman–Crippen LogP) is 4.58. The molecule has 0 bridgehead atoms. The maximum atomic E-state index is 13.1. The summed E-state index contributed by atoms with van der Waals surface area (Å²) in [5.74, 6) is -0.393. The molecule has 196 valence electrons. The van der Waals surface area contributed by atoms with Gasteiger partial charge in [0, 0.05) is 18.8 Å². The number of anilines is 2. The van der Waals surface area contributed by atoms with E-state index >= 15 is 0 Å². The van der Waals surface area contributed by atoms with Crippen LogP contribution in [0.2, 0.25) is 5.02 Å². The number of hydrogen-bond acceptors (Lipinski definition) is 6. The van der Waals surface area contributed by atoms with Crippen LogP contribution in [0.5, 0.6) is 5.75 Å². The summed E-state index contributed by atoms with van der Waals surface area (Å²) in [6.07, 6.45) is 2.57. The number of sulfonamides is 2. The molecule has 4 rings (SSSR count). The Balaban J connectivity index is 1.53. The fraction of sp³-hybridized carbons (Fsp3) is 0.240. The van der Waals surface area contributed by atoms with E-state index in [9.17, 15) is 21.6 Å². The molecule has 0 spiro atoms.